The number of nitrogens with one attached hydrogen (secondary N) is 1. The average molecular weight is 349 g/mol. The zero-order valence-electron chi connectivity index (χ0n) is 13.2. The second-order valence-corrected chi connectivity index (χ2v) is 6.84. The van der Waals surface area contributed by atoms with Crippen molar-refractivity contribution in [2.24, 2.45) is 5.73 Å². The number of amides is 2. The van der Waals surface area contributed by atoms with Gasteiger partial charge in [0.15, 0.2) is 0 Å². The van der Waals surface area contributed by atoms with Crippen molar-refractivity contribution in [3.05, 3.63) is 65.2 Å². The van der Waals surface area contributed by atoms with E-state index in [0.717, 1.165) is 27.0 Å². The molecule has 0 saturated heterocycles. The Labute approximate surface area is 148 Å². The largest absolute Gasteiger partial charge is 0.368 e. The van der Waals surface area contributed by atoms with Crippen molar-refractivity contribution >= 4 is 46.2 Å². The van der Waals surface area contributed by atoms with Gasteiger partial charge in [-0.25, -0.2) is 0 Å². The third-order valence-electron chi connectivity index (χ3n) is 4.01. The Hall–Kier alpha value is -2.99. The number of carbonyl (C=O) groups excluding carboxylic acids is 2. The molecule has 0 bridgehead atoms. The summed E-state index contributed by atoms with van der Waals surface area (Å²) >= 11 is 1.44. The Morgan fingerprint density at radius 2 is 1.92 bits per heavy atom. The number of anilines is 1. The first-order valence-electron chi connectivity index (χ1n) is 7.78. The number of aromatic nitrogens is 1. The van der Waals surface area contributed by atoms with Gasteiger partial charge in [0.2, 0.25) is 5.91 Å². The van der Waals surface area contributed by atoms with Gasteiger partial charge in [-0.1, -0.05) is 42.1 Å². The quantitative estimate of drug-likeness (QED) is 0.713. The zero-order chi connectivity index (χ0) is 17.4. The zero-order valence-corrected chi connectivity index (χ0v) is 14.0. The minimum atomic E-state index is -0.404. The van der Waals surface area contributed by atoms with E-state index >= 15 is 0 Å². The second kappa shape index (κ2) is 6.14. The molecule has 0 radical (unpaired) electrons. The predicted octanol–water partition coefficient (Wildman–Crippen LogP) is 3.21. The van der Waals surface area contributed by atoms with Crippen LogP contribution in [0.25, 0.3) is 17.0 Å². The second-order valence-electron chi connectivity index (χ2n) is 5.76. The summed E-state index contributed by atoms with van der Waals surface area (Å²) in [5.74, 6) is -0.533. The third kappa shape index (κ3) is 2.92. The van der Waals surface area contributed by atoms with Crippen LogP contribution in [0, 0.1) is 0 Å². The van der Waals surface area contributed by atoms with Crippen LogP contribution in [0.1, 0.15) is 5.56 Å². The normalized spacial score (nSPS) is 15.2. The molecule has 6 heteroatoms. The van der Waals surface area contributed by atoms with Crippen LogP contribution in [0.3, 0.4) is 0 Å². The van der Waals surface area contributed by atoms with Gasteiger partial charge in [0.25, 0.3) is 5.91 Å². The lowest BCUT2D eigenvalue weighted by molar-refractivity contribution is -0.118. The molecule has 0 aliphatic carbocycles. The smallest absolute Gasteiger partial charge is 0.262 e. The summed E-state index contributed by atoms with van der Waals surface area (Å²) < 4.78 is 1.81. The first-order valence-corrected chi connectivity index (χ1v) is 8.59. The molecule has 0 spiro atoms. The van der Waals surface area contributed by atoms with Crippen molar-refractivity contribution in [1.29, 1.82) is 0 Å². The van der Waals surface area contributed by atoms with E-state index < -0.39 is 5.91 Å². The minimum absolute atomic E-state index is 0.103. The highest BCUT2D eigenvalue weighted by Crippen LogP contribution is 2.39. The van der Waals surface area contributed by atoms with Gasteiger partial charge in [-0.05, 0) is 24.3 Å². The third-order valence-corrected chi connectivity index (χ3v) is 5.11. The van der Waals surface area contributed by atoms with Crippen molar-refractivity contribution < 1.29 is 9.59 Å². The molecule has 5 nitrogen and oxygen atoms in total. The first-order chi connectivity index (χ1) is 12.1. The van der Waals surface area contributed by atoms with Crippen LogP contribution in [0.5, 0.6) is 0 Å². The Morgan fingerprint density at radius 1 is 1.16 bits per heavy atom. The standard InChI is InChI=1S/C19H15N3O2S/c20-18(23)11-22-10-12(13-5-1-3-7-15(13)22)9-17-19(24)21-14-6-2-4-8-16(14)25-17/h1-10H,11H2,(H2,20,23)(H,21,24). The minimum Gasteiger partial charge on any atom is -0.368 e. The molecule has 3 aromatic rings. The molecule has 1 aliphatic rings. The number of benzene rings is 2. The summed E-state index contributed by atoms with van der Waals surface area (Å²) in [4.78, 5) is 25.3. The van der Waals surface area contributed by atoms with E-state index in [-0.39, 0.29) is 12.5 Å². The van der Waals surface area contributed by atoms with Gasteiger partial charge >= 0.3 is 0 Å². The Balaban J connectivity index is 1.79. The van der Waals surface area contributed by atoms with Gasteiger partial charge in [0.05, 0.1) is 10.6 Å². The molecule has 0 unspecified atom stereocenters. The van der Waals surface area contributed by atoms with E-state index in [1.807, 2.05) is 65.4 Å². The highest BCUT2D eigenvalue weighted by Gasteiger charge is 2.21. The van der Waals surface area contributed by atoms with Gasteiger partial charge in [-0.3, -0.25) is 9.59 Å². The molecule has 25 heavy (non-hydrogen) atoms. The molecule has 0 saturated carbocycles. The number of thioether (sulfide) groups is 1. The molecule has 2 aromatic carbocycles. The maximum atomic E-state index is 12.4. The highest BCUT2D eigenvalue weighted by molar-refractivity contribution is 8.04. The Bertz CT molecular complexity index is 1040. The average Bonchev–Trinajstić information content (AvgIpc) is 2.93. The van der Waals surface area contributed by atoms with Crippen LogP contribution >= 0.6 is 11.8 Å². The molecular formula is C19H15N3O2S. The first kappa shape index (κ1) is 15.5. The molecule has 124 valence electrons. The van der Waals surface area contributed by atoms with Gasteiger partial charge in [-0.2, -0.15) is 0 Å². The molecular weight excluding hydrogens is 334 g/mol. The number of primary amides is 1. The van der Waals surface area contributed by atoms with Crippen molar-refractivity contribution in [3.8, 4) is 0 Å². The Morgan fingerprint density at radius 3 is 2.76 bits per heavy atom. The predicted molar refractivity (Wildman–Crippen MR) is 100 cm³/mol. The van der Waals surface area contributed by atoms with Crippen LogP contribution in [0.15, 0.2) is 64.5 Å². The molecule has 1 aromatic heterocycles. The summed E-state index contributed by atoms with van der Waals surface area (Å²) in [6.07, 6.45) is 3.71. The van der Waals surface area contributed by atoms with E-state index in [2.05, 4.69) is 5.32 Å². The molecule has 1 aliphatic heterocycles. The molecule has 2 amide bonds. The van der Waals surface area contributed by atoms with E-state index in [0.29, 0.717) is 4.91 Å². The Kier molecular flexibility index (Phi) is 3.82. The van der Waals surface area contributed by atoms with Gasteiger partial charge in [0.1, 0.15) is 6.54 Å². The summed E-state index contributed by atoms with van der Waals surface area (Å²) in [5.41, 5.74) is 7.96. The topological polar surface area (TPSA) is 77.1 Å². The van der Waals surface area contributed by atoms with Gasteiger partial charge < -0.3 is 15.6 Å². The summed E-state index contributed by atoms with van der Waals surface area (Å²) in [6, 6.07) is 15.4. The van der Waals surface area contributed by atoms with E-state index in [1.165, 1.54) is 11.8 Å². The van der Waals surface area contributed by atoms with Crippen LogP contribution in [-0.2, 0) is 16.1 Å². The van der Waals surface area contributed by atoms with Gasteiger partial charge in [-0.15, -0.1) is 0 Å². The number of para-hydroxylation sites is 2. The number of carbonyl (C=O) groups is 2. The van der Waals surface area contributed by atoms with E-state index in [1.54, 1.807) is 0 Å². The van der Waals surface area contributed by atoms with Crippen LogP contribution in [0.2, 0.25) is 0 Å². The fraction of sp³-hybridized carbons (Fsp3) is 0.0526. The lowest BCUT2D eigenvalue weighted by atomic mass is 10.1. The number of rotatable bonds is 3. The summed E-state index contributed by atoms with van der Waals surface area (Å²) in [6.45, 7) is 0.103. The van der Waals surface area contributed by atoms with Crippen LogP contribution in [-0.4, -0.2) is 16.4 Å². The van der Waals surface area contributed by atoms with Crippen molar-refractivity contribution in [2.75, 3.05) is 5.32 Å². The maximum Gasteiger partial charge on any atom is 0.262 e. The lowest BCUT2D eigenvalue weighted by Crippen LogP contribution is -2.18. The van der Waals surface area contributed by atoms with Gasteiger partial charge in [0, 0.05) is 27.6 Å². The van der Waals surface area contributed by atoms with E-state index in [9.17, 15) is 9.59 Å². The highest BCUT2D eigenvalue weighted by atomic mass is 32.2. The molecule has 0 atom stereocenters. The SMILES string of the molecule is NC(=O)Cn1cc(C=C2Sc3ccccc3NC2=O)c2ccccc21. The molecule has 4 rings (SSSR count). The number of fused-ring (bicyclic) bond motifs is 2. The number of nitrogens with zero attached hydrogens (tertiary/aromatic N) is 1. The van der Waals surface area contributed by atoms with Crippen LogP contribution in [0.4, 0.5) is 5.69 Å². The maximum absolute atomic E-state index is 12.4. The fourth-order valence-corrected chi connectivity index (χ4v) is 3.87. The monoisotopic (exact) mass is 349 g/mol. The van der Waals surface area contributed by atoms with Crippen molar-refractivity contribution in [3.63, 3.8) is 0 Å². The van der Waals surface area contributed by atoms with Crippen molar-refractivity contribution in [2.45, 2.75) is 11.4 Å². The lowest BCUT2D eigenvalue weighted by Gasteiger charge is -2.18. The van der Waals surface area contributed by atoms with Crippen molar-refractivity contribution in [1.82, 2.24) is 4.57 Å². The number of hydrogen-bond donors (Lipinski definition) is 2. The van der Waals surface area contributed by atoms with E-state index in [4.69, 9.17) is 5.73 Å². The molecule has 0 fully saturated rings. The molecule has 2 heterocycles. The summed E-state index contributed by atoms with van der Waals surface area (Å²) in [7, 11) is 0. The van der Waals surface area contributed by atoms with Crippen LogP contribution < -0.4 is 11.1 Å². The number of hydrogen-bond acceptors (Lipinski definition) is 3. The number of nitrogens with two attached hydrogens (primary N) is 1. The summed E-state index contributed by atoms with van der Waals surface area (Å²) in [5, 5.41) is 3.88. The molecule has 3 N–H and O–H groups in total. The fourth-order valence-electron chi connectivity index (χ4n) is 2.93.